The second-order valence-corrected chi connectivity index (χ2v) is 4.80. The van der Waals surface area contributed by atoms with Gasteiger partial charge in [0.15, 0.2) is 0 Å². The highest BCUT2D eigenvalue weighted by Crippen LogP contribution is 2.37. The van der Waals surface area contributed by atoms with Crippen LogP contribution in [-0.4, -0.2) is 0 Å². The first-order valence-electron chi connectivity index (χ1n) is 5.11. The van der Waals surface area contributed by atoms with E-state index >= 15 is 0 Å². The zero-order valence-corrected chi connectivity index (χ0v) is 8.43. The van der Waals surface area contributed by atoms with Crippen molar-refractivity contribution in [3.63, 3.8) is 0 Å². The highest BCUT2D eigenvalue weighted by atomic mass is 14.3. The number of rotatable bonds is 1. The van der Waals surface area contributed by atoms with Crippen molar-refractivity contribution >= 4 is 0 Å². The monoisotopic (exact) mass is 154 g/mol. The molecule has 0 aromatic heterocycles. The minimum Gasteiger partial charge on any atom is -0.0625 e. The molecule has 0 bridgehead atoms. The second-order valence-electron chi connectivity index (χ2n) is 4.80. The molecule has 0 heteroatoms. The summed E-state index contributed by atoms with van der Waals surface area (Å²) in [4.78, 5) is 0. The quantitative estimate of drug-likeness (QED) is 0.540. The van der Waals surface area contributed by atoms with E-state index in [9.17, 15) is 0 Å². The second kappa shape index (κ2) is 3.60. The summed E-state index contributed by atoms with van der Waals surface area (Å²) < 4.78 is 0. The van der Waals surface area contributed by atoms with Crippen molar-refractivity contribution in [1.82, 2.24) is 0 Å². The van der Waals surface area contributed by atoms with Crippen molar-refractivity contribution in [3.05, 3.63) is 0 Å². The van der Waals surface area contributed by atoms with E-state index in [1.54, 1.807) is 0 Å². The van der Waals surface area contributed by atoms with Gasteiger partial charge in [-0.15, -0.1) is 0 Å². The van der Waals surface area contributed by atoms with Gasteiger partial charge in [0.2, 0.25) is 0 Å². The van der Waals surface area contributed by atoms with Gasteiger partial charge in [-0.1, -0.05) is 40.5 Å². The molecule has 0 radical (unpaired) electrons. The van der Waals surface area contributed by atoms with Crippen LogP contribution in [0.3, 0.4) is 0 Å². The van der Waals surface area contributed by atoms with Crippen molar-refractivity contribution in [3.8, 4) is 0 Å². The smallest absolute Gasteiger partial charge is 0.0363 e. The lowest BCUT2D eigenvalue weighted by Gasteiger charge is -2.35. The molecule has 3 atom stereocenters. The Morgan fingerprint density at radius 1 is 1.09 bits per heavy atom. The third-order valence-electron chi connectivity index (χ3n) is 3.38. The van der Waals surface area contributed by atoms with E-state index < -0.39 is 0 Å². The highest BCUT2D eigenvalue weighted by Gasteiger charge is 2.27. The lowest BCUT2D eigenvalue weighted by molar-refractivity contribution is 0.155. The summed E-state index contributed by atoms with van der Waals surface area (Å²) >= 11 is 0. The van der Waals surface area contributed by atoms with Crippen LogP contribution in [0.25, 0.3) is 0 Å². The maximum absolute atomic E-state index is 2.43. The molecule has 0 spiro atoms. The molecule has 11 heavy (non-hydrogen) atoms. The Morgan fingerprint density at radius 2 is 1.73 bits per heavy atom. The lowest BCUT2D eigenvalue weighted by Crippen LogP contribution is -2.25. The molecule has 0 nitrogen and oxygen atoms in total. The fourth-order valence-corrected chi connectivity index (χ4v) is 2.51. The maximum atomic E-state index is 2.43. The van der Waals surface area contributed by atoms with E-state index in [4.69, 9.17) is 0 Å². The molecule has 0 heterocycles. The van der Waals surface area contributed by atoms with Gasteiger partial charge in [0, 0.05) is 0 Å². The van der Waals surface area contributed by atoms with Crippen LogP contribution in [0.4, 0.5) is 0 Å². The molecular weight excluding hydrogens is 132 g/mol. The van der Waals surface area contributed by atoms with Crippen LogP contribution >= 0.6 is 0 Å². The van der Waals surface area contributed by atoms with Crippen LogP contribution in [0.15, 0.2) is 0 Å². The van der Waals surface area contributed by atoms with Crippen molar-refractivity contribution in [2.24, 2.45) is 23.7 Å². The minimum atomic E-state index is 0.896. The first-order chi connectivity index (χ1) is 5.11. The molecule has 0 saturated heterocycles. The van der Waals surface area contributed by atoms with Gasteiger partial charge in [-0.2, -0.15) is 0 Å². The van der Waals surface area contributed by atoms with E-state index in [2.05, 4.69) is 27.7 Å². The van der Waals surface area contributed by atoms with E-state index in [0.717, 1.165) is 23.7 Å². The van der Waals surface area contributed by atoms with Gasteiger partial charge in [-0.3, -0.25) is 0 Å². The normalized spacial score (nSPS) is 39.5. The average Bonchev–Trinajstić information content (AvgIpc) is 1.94. The van der Waals surface area contributed by atoms with E-state index in [-0.39, 0.29) is 0 Å². The zero-order chi connectivity index (χ0) is 8.43. The predicted octanol–water partition coefficient (Wildman–Crippen LogP) is 3.71. The summed E-state index contributed by atoms with van der Waals surface area (Å²) in [5.41, 5.74) is 0. The van der Waals surface area contributed by atoms with Crippen LogP contribution in [0.2, 0.25) is 0 Å². The first-order valence-corrected chi connectivity index (χ1v) is 5.11. The molecule has 0 aromatic rings. The van der Waals surface area contributed by atoms with Gasteiger partial charge in [-0.25, -0.2) is 0 Å². The molecule has 0 aromatic carbocycles. The third-order valence-corrected chi connectivity index (χ3v) is 3.38. The van der Waals surface area contributed by atoms with Crippen LogP contribution in [0, 0.1) is 23.7 Å². The summed E-state index contributed by atoms with van der Waals surface area (Å²) in [5.74, 6) is 3.86. The van der Waals surface area contributed by atoms with Gasteiger partial charge < -0.3 is 0 Å². The molecule has 0 aliphatic heterocycles. The Kier molecular flexibility index (Phi) is 2.98. The molecule has 0 N–H and O–H groups in total. The number of hydrogen-bond donors (Lipinski definition) is 0. The van der Waals surface area contributed by atoms with E-state index in [0.29, 0.717) is 0 Å². The van der Waals surface area contributed by atoms with Crippen molar-refractivity contribution < 1.29 is 0 Å². The number of hydrogen-bond acceptors (Lipinski definition) is 0. The molecule has 1 fully saturated rings. The Morgan fingerprint density at radius 3 is 2.18 bits per heavy atom. The Balaban J connectivity index is 2.47. The maximum Gasteiger partial charge on any atom is -0.0363 e. The zero-order valence-electron chi connectivity index (χ0n) is 8.43. The highest BCUT2D eigenvalue weighted by molar-refractivity contribution is 4.77. The molecule has 1 rings (SSSR count). The van der Waals surface area contributed by atoms with Crippen LogP contribution in [0.1, 0.15) is 47.0 Å². The average molecular weight is 154 g/mol. The molecule has 1 unspecified atom stereocenters. The van der Waals surface area contributed by atoms with Gasteiger partial charge in [0.05, 0.1) is 0 Å². The summed E-state index contributed by atoms with van der Waals surface area (Å²) in [6.07, 6.45) is 4.40. The molecular formula is C11H22. The van der Waals surface area contributed by atoms with E-state index in [1.807, 2.05) is 0 Å². The van der Waals surface area contributed by atoms with Gasteiger partial charge in [0.25, 0.3) is 0 Å². The Hall–Kier alpha value is 0. The fourth-order valence-electron chi connectivity index (χ4n) is 2.51. The Bertz CT molecular complexity index is 115. The summed E-state index contributed by atoms with van der Waals surface area (Å²) in [7, 11) is 0. The SMILES string of the molecule is CC1CC[C@H](C)[C@H](C(C)C)C1. The van der Waals surface area contributed by atoms with Crippen LogP contribution in [0.5, 0.6) is 0 Å². The standard InChI is InChI=1S/C11H22/c1-8(2)11-7-9(3)5-6-10(11)4/h8-11H,5-7H2,1-4H3/t9?,10-,11-/m0/s1. The van der Waals surface area contributed by atoms with Crippen LogP contribution < -0.4 is 0 Å². The molecule has 66 valence electrons. The van der Waals surface area contributed by atoms with Crippen molar-refractivity contribution in [1.29, 1.82) is 0 Å². The van der Waals surface area contributed by atoms with Crippen molar-refractivity contribution in [2.75, 3.05) is 0 Å². The lowest BCUT2D eigenvalue weighted by atomic mass is 9.71. The van der Waals surface area contributed by atoms with Crippen molar-refractivity contribution in [2.45, 2.75) is 47.0 Å². The largest absolute Gasteiger partial charge is 0.0625 e. The summed E-state index contributed by atoms with van der Waals surface area (Å²) in [6.45, 7) is 9.58. The first kappa shape index (κ1) is 9.09. The molecule has 1 aliphatic rings. The molecule has 1 saturated carbocycles. The predicted molar refractivity (Wildman–Crippen MR) is 50.5 cm³/mol. The minimum absolute atomic E-state index is 0.896. The Labute approximate surface area is 71.4 Å². The topological polar surface area (TPSA) is 0 Å². The summed E-state index contributed by atoms with van der Waals surface area (Å²) in [5, 5.41) is 0. The fraction of sp³-hybridized carbons (Fsp3) is 1.00. The molecule has 1 aliphatic carbocycles. The van der Waals surface area contributed by atoms with E-state index in [1.165, 1.54) is 19.3 Å². The van der Waals surface area contributed by atoms with Gasteiger partial charge in [-0.05, 0) is 30.1 Å². The van der Waals surface area contributed by atoms with Crippen LogP contribution in [-0.2, 0) is 0 Å². The third kappa shape index (κ3) is 2.21. The molecule has 0 amide bonds. The van der Waals surface area contributed by atoms with Gasteiger partial charge >= 0.3 is 0 Å². The van der Waals surface area contributed by atoms with Gasteiger partial charge in [0.1, 0.15) is 0 Å². The summed E-state index contributed by atoms with van der Waals surface area (Å²) in [6, 6.07) is 0.